The number of nitrogens with zero attached hydrogens (tertiary/aromatic N) is 2. The fourth-order valence-corrected chi connectivity index (χ4v) is 3.29. The quantitative estimate of drug-likeness (QED) is 0.850. The SMILES string of the molecule is CC(=O)Nc1ccc(Sc2ncnc(Cl)c2C(C)C)cc1. The topological polar surface area (TPSA) is 54.9 Å². The molecule has 6 heteroatoms. The third-order valence-corrected chi connectivity index (χ3v) is 4.09. The van der Waals surface area contributed by atoms with Gasteiger partial charge in [0.25, 0.3) is 0 Å². The highest BCUT2D eigenvalue weighted by Crippen LogP contribution is 2.35. The first-order chi connectivity index (χ1) is 9.97. The zero-order valence-corrected chi connectivity index (χ0v) is 13.6. The van der Waals surface area contributed by atoms with Crippen LogP contribution in [-0.4, -0.2) is 15.9 Å². The summed E-state index contributed by atoms with van der Waals surface area (Å²) in [6.45, 7) is 5.61. The van der Waals surface area contributed by atoms with Gasteiger partial charge in [0.05, 0.1) is 0 Å². The standard InChI is InChI=1S/C15H16ClN3OS/c1-9(2)13-14(16)17-8-18-15(13)21-12-6-4-11(5-7-12)19-10(3)20/h4-9H,1-3H3,(H,19,20). The van der Waals surface area contributed by atoms with Crippen LogP contribution in [0.25, 0.3) is 0 Å². The van der Waals surface area contributed by atoms with E-state index in [1.165, 1.54) is 25.0 Å². The number of hydrogen-bond donors (Lipinski definition) is 1. The molecule has 0 aliphatic heterocycles. The molecular weight excluding hydrogens is 306 g/mol. The summed E-state index contributed by atoms with van der Waals surface area (Å²) in [5.74, 6) is 0.167. The molecule has 0 bridgehead atoms. The maximum Gasteiger partial charge on any atom is 0.221 e. The molecule has 0 spiro atoms. The van der Waals surface area contributed by atoms with E-state index in [0.29, 0.717) is 5.15 Å². The van der Waals surface area contributed by atoms with Crippen LogP contribution < -0.4 is 5.32 Å². The molecule has 0 atom stereocenters. The molecule has 2 rings (SSSR count). The Morgan fingerprint density at radius 2 is 1.90 bits per heavy atom. The van der Waals surface area contributed by atoms with Crippen LogP contribution in [0.1, 0.15) is 32.3 Å². The first-order valence-electron chi connectivity index (χ1n) is 6.53. The molecule has 0 saturated carbocycles. The zero-order valence-electron chi connectivity index (χ0n) is 12.1. The lowest BCUT2D eigenvalue weighted by atomic mass is 10.1. The van der Waals surface area contributed by atoms with Crippen LogP contribution in [0.5, 0.6) is 0 Å². The average Bonchev–Trinajstić information content (AvgIpc) is 2.40. The highest BCUT2D eigenvalue weighted by Gasteiger charge is 2.14. The van der Waals surface area contributed by atoms with Crippen molar-refractivity contribution < 1.29 is 4.79 Å². The van der Waals surface area contributed by atoms with Crippen molar-refractivity contribution in [1.29, 1.82) is 0 Å². The van der Waals surface area contributed by atoms with E-state index >= 15 is 0 Å². The van der Waals surface area contributed by atoms with Crippen LogP contribution in [0.2, 0.25) is 5.15 Å². The molecule has 0 saturated heterocycles. The molecule has 1 amide bonds. The summed E-state index contributed by atoms with van der Waals surface area (Å²) < 4.78 is 0. The third-order valence-electron chi connectivity index (χ3n) is 2.77. The summed E-state index contributed by atoms with van der Waals surface area (Å²) in [6, 6.07) is 7.61. The van der Waals surface area contributed by atoms with Crippen molar-refractivity contribution in [2.45, 2.75) is 36.6 Å². The Balaban J connectivity index is 2.22. The van der Waals surface area contributed by atoms with Crippen molar-refractivity contribution in [1.82, 2.24) is 9.97 Å². The smallest absolute Gasteiger partial charge is 0.221 e. The van der Waals surface area contributed by atoms with E-state index in [1.54, 1.807) is 0 Å². The van der Waals surface area contributed by atoms with E-state index in [9.17, 15) is 4.79 Å². The van der Waals surface area contributed by atoms with Gasteiger partial charge in [0, 0.05) is 23.1 Å². The Hall–Kier alpha value is -1.59. The molecule has 110 valence electrons. The molecule has 1 N–H and O–H groups in total. The number of anilines is 1. The fraction of sp³-hybridized carbons (Fsp3) is 0.267. The Morgan fingerprint density at radius 3 is 2.48 bits per heavy atom. The van der Waals surface area contributed by atoms with Gasteiger partial charge in [-0.25, -0.2) is 9.97 Å². The van der Waals surface area contributed by atoms with Gasteiger partial charge in [-0.2, -0.15) is 0 Å². The van der Waals surface area contributed by atoms with Gasteiger partial charge in [-0.05, 0) is 30.2 Å². The highest BCUT2D eigenvalue weighted by molar-refractivity contribution is 7.99. The highest BCUT2D eigenvalue weighted by atomic mass is 35.5. The molecule has 4 nitrogen and oxygen atoms in total. The average molecular weight is 322 g/mol. The number of carbonyl (C=O) groups is 1. The normalized spacial score (nSPS) is 10.7. The second-order valence-corrected chi connectivity index (χ2v) is 6.27. The van der Waals surface area contributed by atoms with Crippen LogP contribution in [0.4, 0.5) is 5.69 Å². The number of hydrogen-bond acceptors (Lipinski definition) is 4. The van der Waals surface area contributed by atoms with Crippen LogP contribution in [0.3, 0.4) is 0 Å². The zero-order chi connectivity index (χ0) is 15.4. The van der Waals surface area contributed by atoms with E-state index < -0.39 is 0 Å². The minimum Gasteiger partial charge on any atom is -0.326 e. The van der Waals surface area contributed by atoms with Gasteiger partial charge in [-0.15, -0.1) is 0 Å². The van der Waals surface area contributed by atoms with Gasteiger partial charge in [-0.1, -0.05) is 37.2 Å². The molecule has 1 heterocycles. The molecule has 0 aliphatic rings. The maximum atomic E-state index is 11.0. The third kappa shape index (κ3) is 4.19. The molecule has 0 radical (unpaired) electrons. The molecule has 1 aromatic carbocycles. The lowest BCUT2D eigenvalue weighted by Gasteiger charge is -2.12. The van der Waals surface area contributed by atoms with Gasteiger partial charge >= 0.3 is 0 Å². The van der Waals surface area contributed by atoms with Crippen LogP contribution in [-0.2, 0) is 4.79 Å². The van der Waals surface area contributed by atoms with Gasteiger partial charge in [0.2, 0.25) is 5.91 Å². The second-order valence-electron chi connectivity index (χ2n) is 4.85. The molecular formula is C15H16ClN3OS. The van der Waals surface area contributed by atoms with Crippen molar-refractivity contribution in [3.63, 3.8) is 0 Å². The van der Waals surface area contributed by atoms with Crippen LogP contribution in [0.15, 0.2) is 40.5 Å². The Labute approximate surface area is 133 Å². The van der Waals surface area contributed by atoms with Gasteiger partial charge < -0.3 is 5.32 Å². The van der Waals surface area contributed by atoms with Crippen molar-refractivity contribution in [3.8, 4) is 0 Å². The van der Waals surface area contributed by atoms with E-state index in [0.717, 1.165) is 21.2 Å². The lowest BCUT2D eigenvalue weighted by Crippen LogP contribution is -2.05. The largest absolute Gasteiger partial charge is 0.326 e. The number of aromatic nitrogens is 2. The van der Waals surface area contributed by atoms with E-state index in [-0.39, 0.29) is 11.8 Å². The van der Waals surface area contributed by atoms with Crippen molar-refractivity contribution in [2.75, 3.05) is 5.32 Å². The molecule has 21 heavy (non-hydrogen) atoms. The Morgan fingerprint density at radius 1 is 1.24 bits per heavy atom. The predicted octanol–water partition coefficient (Wildman–Crippen LogP) is 4.36. The van der Waals surface area contributed by atoms with E-state index in [2.05, 4.69) is 29.1 Å². The summed E-state index contributed by atoms with van der Waals surface area (Å²) in [7, 11) is 0. The van der Waals surface area contributed by atoms with E-state index in [1.807, 2.05) is 24.3 Å². The fourth-order valence-electron chi connectivity index (χ4n) is 1.85. The minimum atomic E-state index is -0.0833. The number of amides is 1. The minimum absolute atomic E-state index is 0.0833. The molecule has 1 aromatic heterocycles. The number of halogens is 1. The van der Waals surface area contributed by atoms with Crippen molar-refractivity contribution in [2.24, 2.45) is 0 Å². The Bertz CT molecular complexity index is 644. The monoisotopic (exact) mass is 321 g/mol. The first kappa shape index (κ1) is 15.8. The summed E-state index contributed by atoms with van der Waals surface area (Å²) in [5, 5.41) is 4.10. The predicted molar refractivity (Wildman–Crippen MR) is 86.0 cm³/mol. The summed E-state index contributed by atoms with van der Waals surface area (Å²) >= 11 is 7.70. The molecule has 0 unspecified atom stereocenters. The van der Waals surface area contributed by atoms with Gasteiger partial charge in [0.1, 0.15) is 16.5 Å². The lowest BCUT2D eigenvalue weighted by molar-refractivity contribution is -0.114. The van der Waals surface area contributed by atoms with Crippen LogP contribution >= 0.6 is 23.4 Å². The maximum absolute atomic E-state index is 11.0. The first-order valence-corrected chi connectivity index (χ1v) is 7.72. The molecule has 0 fully saturated rings. The number of benzene rings is 1. The van der Waals surface area contributed by atoms with Gasteiger partial charge in [0.15, 0.2) is 0 Å². The van der Waals surface area contributed by atoms with E-state index in [4.69, 9.17) is 11.6 Å². The number of rotatable bonds is 4. The van der Waals surface area contributed by atoms with Crippen molar-refractivity contribution in [3.05, 3.63) is 41.3 Å². The van der Waals surface area contributed by atoms with Crippen molar-refractivity contribution >= 4 is 35.0 Å². The Kier molecular flexibility index (Phi) is 5.20. The van der Waals surface area contributed by atoms with Crippen LogP contribution in [0, 0.1) is 0 Å². The number of nitrogens with one attached hydrogen (secondary N) is 1. The summed E-state index contributed by atoms with van der Waals surface area (Å²) in [5.41, 5.74) is 1.73. The summed E-state index contributed by atoms with van der Waals surface area (Å²) in [4.78, 5) is 20.4. The second kappa shape index (κ2) is 6.91. The molecule has 2 aromatic rings. The number of carbonyl (C=O) groups excluding carboxylic acids is 1. The summed E-state index contributed by atoms with van der Waals surface area (Å²) in [6.07, 6.45) is 1.47. The molecule has 0 aliphatic carbocycles. The van der Waals surface area contributed by atoms with Gasteiger partial charge in [-0.3, -0.25) is 4.79 Å².